The normalized spacial score (nSPS) is 41.6. The lowest BCUT2D eigenvalue weighted by atomic mass is 9.86. The lowest BCUT2D eigenvalue weighted by Crippen LogP contribution is -2.28. The lowest BCUT2D eigenvalue weighted by molar-refractivity contribution is -0.138. The molecule has 2 aliphatic rings. The summed E-state index contributed by atoms with van der Waals surface area (Å²) in [4.78, 5) is 10.6. The molecule has 0 spiro atoms. The van der Waals surface area contributed by atoms with Crippen molar-refractivity contribution < 1.29 is 9.90 Å². The summed E-state index contributed by atoms with van der Waals surface area (Å²) in [5.74, 6) is 0.798. The van der Waals surface area contributed by atoms with E-state index in [9.17, 15) is 4.79 Å². The molecule has 2 bridgehead atoms. The summed E-state index contributed by atoms with van der Waals surface area (Å²) in [5, 5.41) is 8.10. The van der Waals surface area contributed by atoms with Crippen LogP contribution in [0.5, 0.6) is 0 Å². The van der Waals surface area contributed by atoms with Crippen molar-refractivity contribution in [3.63, 3.8) is 0 Å². The first-order valence-electron chi connectivity index (χ1n) is 4.55. The SMILES string of the molecule is O=C(O)C(Cl)[C@@H]1C[C@H]2CC[C@@H]1C2. The lowest BCUT2D eigenvalue weighted by Gasteiger charge is -2.23. The Morgan fingerprint density at radius 3 is 2.58 bits per heavy atom. The van der Waals surface area contributed by atoms with E-state index in [1.54, 1.807) is 0 Å². The molecule has 68 valence electrons. The molecule has 1 unspecified atom stereocenters. The average molecular weight is 189 g/mol. The van der Waals surface area contributed by atoms with E-state index in [2.05, 4.69) is 0 Å². The summed E-state index contributed by atoms with van der Waals surface area (Å²) in [6.45, 7) is 0. The van der Waals surface area contributed by atoms with Gasteiger partial charge in [0.2, 0.25) is 0 Å². The Balaban J connectivity index is 2.02. The van der Waals surface area contributed by atoms with Crippen molar-refractivity contribution in [1.29, 1.82) is 0 Å². The molecule has 3 heteroatoms. The van der Waals surface area contributed by atoms with Crippen molar-refractivity contribution in [3.8, 4) is 0 Å². The van der Waals surface area contributed by atoms with Crippen LogP contribution in [0.1, 0.15) is 25.7 Å². The summed E-state index contributed by atoms with van der Waals surface area (Å²) in [7, 11) is 0. The molecule has 2 rings (SSSR count). The maximum atomic E-state index is 10.6. The fourth-order valence-corrected chi connectivity index (χ4v) is 3.14. The highest BCUT2D eigenvalue weighted by atomic mass is 35.5. The van der Waals surface area contributed by atoms with Crippen molar-refractivity contribution >= 4 is 17.6 Å². The van der Waals surface area contributed by atoms with Gasteiger partial charge >= 0.3 is 5.97 Å². The third kappa shape index (κ3) is 1.22. The van der Waals surface area contributed by atoms with Crippen molar-refractivity contribution in [3.05, 3.63) is 0 Å². The van der Waals surface area contributed by atoms with Gasteiger partial charge in [-0.15, -0.1) is 11.6 Å². The highest BCUT2D eigenvalue weighted by Crippen LogP contribution is 2.50. The van der Waals surface area contributed by atoms with E-state index in [-0.39, 0.29) is 5.92 Å². The quantitative estimate of drug-likeness (QED) is 0.674. The van der Waals surface area contributed by atoms with E-state index >= 15 is 0 Å². The third-order valence-electron chi connectivity index (χ3n) is 3.40. The number of aliphatic carboxylic acids is 1. The van der Waals surface area contributed by atoms with Crippen LogP contribution in [0.15, 0.2) is 0 Å². The molecule has 2 saturated carbocycles. The summed E-state index contributed by atoms with van der Waals surface area (Å²) in [5.41, 5.74) is 0. The van der Waals surface area contributed by atoms with Crippen LogP contribution in [0.4, 0.5) is 0 Å². The van der Waals surface area contributed by atoms with Gasteiger partial charge in [0.25, 0.3) is 0 Å². The number of halogens is 1. The highest BCUT2D eigenvalue weighted by molar-refractivity contribution is 6.29. The van der Waals surface area contributed by atoms with Gasteiger partial charge in [0.1, 0.15) is 5.38 Å². The first-order chi connectivity index (χ1) is 5.68. The summed E-state index contributed by atoms with van der Waals surface area (Å²) in [6, 6.07) is 0. The van der Waals surface area contributed by atoms with Crippen LogP contribution in [-0.2, 0) is 4.79 Å². The van der Waals surface area contributed by atoms with Crippen molar-refractivity contribution in [2.75, 3.05) is 0 Å². The molecule has 2 aliphatic carbocycles. The molecule has 4 atom stereocenters. The van der Waals surface area contributed by atoms with Crippen LogP contribution in [0.3, 0.4) is 0 Å². The maximum absolute atomic E-state index is 10.6. The van der Waals surface area contributed by atoms with Crippen LogP contribution in [0, 0.1) is 17.8 Å². The van der Waals surface area contributed by atoms with E-state index in [1.807, 2.05) is 0 Å². The molecule has 0 aromatic carbocycles. The molecular weight excluding hydrogens is 176 g/mol. The molecule has 2 nitrogen and oxygen atoms in total. The maximum Gasteiger partial charge on any atom is 0.321 e. The van der Waals surface area contributed by atoms with E-state index < -0.39 is 11.3 Å². The molecule has 1 N–H and O–H groups in total. The Morgan fingerprint density at radius 1 is 1.42 bits per heavy atom. The van der Waals surface area contributed by atoms with Crippen LogP contribution in [0.25, 0.3) is 0 Å². The Labute approximate surface area is 76.9 Å². The minimum absolute atomic E-state index is 0.253. The first kappa shape index (κ1) is 8.36. The molecule has 2 fully saturated rings. The summed E-state index contributed by atoms with van der Waals surface area (Å²) < 4.78 is 0. The van der Waals surface area contributed by atoms with Gasteiger partial charge in [0.05, 0.1) is 0 Å². The second kappa shape index (κ2) is 2.91. The predicted octanol–water partition coefficient (Wildman–Crippen LogP) is 2.11. The topological polar surface area (TPSA) is 37.3 Å². The Hall–Kier alpha value is -0.240. The molecule has 12 heavy (non-hydrogen) atoms. The number of fused-ring (bicyclic) bond motifs is 2. The fraction of sp³-hybridized carbons (Fsp3) is 0.889. The summed E-state index contributed by atoms with van der Waals surface area (Å²) >= 11 is 5.82. The van der Waals surface area contributed by atoms with Crippen LogP contribution in [-0.4, -0.2) is 16.5 Å². The van der Waals surface area contributed by atoms with Gasteiger partial charge in [-0.25, -0.2) is 0 Å². The number of carbonyl (C=O) groups is 1. The van der Waals surface area contributed by atoms with Crippen molar-refractivity contribution in [2.45, 2.75) is 31.1 Å². The van der Waals surface area contributed by atoms with Gasteiger partial charge in [0.15, 0.2) is 0 Å². The predicted molar refractivity (Wildman–Crippen MR) is 46.2 cm³/mol. The zero-order chi connectivity index (χ0) is 8.72. The first-order valence-corrected chi connectivity index (χ1v) is 4.99. The monoisotopic (exact) mass is 188 g/mol. The highest BCUT2D eigenvalue weighted by Gasteiger charge is 2.44. The smallest absolute Gasteiger partial charge is 0.321 e. The largest absolute Gasteiger partial charge is 0.480 e. The van der Waals surface area contributed by atoms with Gasteiger partial charge in [-0.1, -0.05) is 6.42 Å². The molecule has 0 saturated heterocycles. The standard InChI is InChI=1S/C9H13ClO2/c10-8(9(11)12)7-4-5-1-2-6(7)3-5/h5-8H,1-4H2,(H,11,12)/t5-,6+,7+,8?/m0/s1. The third-order valence-corrected chi connectivity index (χ3v) is 3.91. The average Bonchev–Trinajstić information content (AvgIpc) is 2.62. The van der Waals surface area contributed by atoms with Crippen LogP contribution in [0.2, 0.25) is 0 Å². The van der Waals surface area contributed by atoms with Crippen LogP contribution < -0.4 is 0 Å². The molecule has 0 aromatic heterocycles. The number of carboxylic acids is 1. The van der Waals surface area contributed by atoms with Gasteiger partial charge in [-0.05, 0) is 37.0 Å². The van der Waals surface area contributed by atoms with Gasteiger partial charge in [-0.3, -0.25) is 4.79 Å². The second-order valence-corrected chi connectivity index (χ2v) is 4.55. The molecular formula is C9H13ClO2. The number of hydrogen-bond donors (Lipinski definition) is 1. The fourth-order valence-electron chi connectivity index (χ4n) is 2.84. The minimum Gasteiger partial charge on any atom is -0.480 e. The summed E-state index contributed by atoms with van der Waals surface area (Å²) in [6.07, 6.45) is 4.77. The molecule has 0 aliphatic heterocycles. The molecule has 0 radical (unpaired) electrons. The molecule has 0 heterocycles. The van der Waals surface area contributed by atoms with E-state index in [4.69, 9.17) is 16.7 Å². The van der Waals surface area contributed by atoms with Gasteiger partial charge in [0, 0.05) is 0 Å². The minimum atomic E-state index is -0.839. The molecule has 0 amide bonds. The Morgan fingerprint density at radius 2 is 2.17 bits per heavy atom. The number of carboxylic acid groups (broad SMARTS) is 1. The Kier molecular flexibility index (Phi) is 2.03. The van der Waals surface area contributed by atoms with Crippen LogP contribution >= 0.6 is 11.6 Å². The number of alkyl halides is 1. The van der Waals surface area contributed by atoms with Crippen molar-refractivity contribution in [2.24, 2.45) is 17.8 Å². The van der Waals surface area contributed by atoms with Gasteiger partial charge in [-0.2, -0.15) is 0 Å². The van der Waals surface area contributed by atoms with Crippen molar-refractivity contribution in [1.82, 2.24) is 0 Å². The zero-order valence-corrected chi connectivity index (χ0v) is 7.63. The van der Waals surface area contributed by atoms with E-state index in [1.165, 1.54) is 19.3 Å². The zero-order valence-electron chi connectivity index (χ0n) is 6.87. The second-order valence-electron chi connectivity index (χ2n) is 4.08. The van der Waals surface area contributed by atoms with Gasteiger partial charge < -0.3 is 5.11 Å². The Bertz CT molecular complexity index is 205. The van der Waals surface area contributed by atoms with E-state index in [0.29, 0.717) is 5.92 Å². The number of hydrogen-bond acceptors (Lipinski definition) is 1. The molecule has 0 aromatic rings. The van der Waals surface area contributed by atoms with E-state index in [0.717, 1.165) is 12.3 Å². The number of rotatable bonds is 2.